The van der Waals surface area contributed by atoms with Gasteiger partial charge in [0.2, 0.25) is 5.91 Å². The van der Waals surface area contributed by atoms with Crippen LogP contribution >= 0.6 is 11.3 Å². The second kappa shape index (κ2) is 5.29. The standard InChI is InChI=1S/C15H15N3O2S/c1-8-12(9(2)20-18-8)7-15(19)17-11-4-5-14-13(6-11)16-10(3)21-14/h4-6H,7H2,1-3H3,(H,17,19). The van der Waals surface area contributed by atoms with Crippen LogP contribution in [0.4, 0.5) is 5.69 Å². The number of rotatable bonds is 3. The number of aryl methyl sites for hydroxylation is 3. The summed E-state index contributed by atoms with van der Waals surface area (Å²) in [5, 5.41) is 7.77. The summed E-state index contributed by atoms with van der Waals surface area (Å²) in [6, 6.07) is 5.76. The third-order valence-corrected chi connectivity index (χ3v) is 4.25. The quantitative estimate of drug-likeness (QED) is 0.805. The molecule has 0 saturated heterocycles. The summed E-state index contributed by atoms with van der Waals surface area (Å²) in [4.78, 5) is 16.6. The predicted octanol–water partition coefficient (Wildman–Crippen LogP) is 3.39. The number of thiazole rings is 1. The average molecular weight is 301 g/mol. The van der Waals surface area contributed by atoms with Gasteiger partial charge in [-0.25, -0.2) is 4.98 Å². The molecule has 3 rings (SSSR count). The van der Waals surface area contributed by atoms with Gasteiger partial charge in [-0.05, 0) is 39.0 Å². The summed E-state index contributed by atoms with van der Waals surface area (Å²) in [7, 11) is 0. The Morgan fingerprint density at radius 1 is 1.33 bits per heavy atom. The van der Waals surface area contributed by atoms with E-state index in [0.29, 0.717) is 5.76 Å². The minimum atomic E-state index is -0.0873. The maximum absolute atomic E-state index is 12.1. The molecular weight excluding hydrogens is 286 g/mol. The van der Waals surface area contributed by atoms with Crippen LogP contribution in [0, 0.1) is 20.8 Å². The highest BCUT2D eigenvalue weighted by Gasteiger charge is 2.13. The van der Waals surface area contributed by atoms with Crippen LogP contribution < -0.4 is 5.32 Å². The van der Waals surface area contributed by atoms with Gasteiger partial charge in [-0.2, -0.15) is 0 Å². The Labute approximate surface area is 126 Å². The molecule has 2 aromatic heterocycles. The van der Waals surface area contributed by atoms with Crippen molar-refractivity contribution in [2.75, 3.05) is 5.32 Å². The lowest BCUT2D eigenvalue weighted by Crippen LogP contribution is -2.15. The molecule has 0 saturated carbocycles. The molecule has 1 amide bonds. The van der Waals surface area contributed by atoms with Gasteiger partial charge in [-0.15, -0.1) is 11.3 Å². The van der Waals surface area contributed by atoms with Crippen LogP contribution in [0.25, 0.3) is 10.2 Å². The lowest BCUT2D eigenvalue weighted by molar-refractivity contribution is -0.115. The van der Waals surface area contributed by atoms with Gasteiger partial charge < -0.3 is 9.84 Å². The Morgan fingerprint density at radius 3 is 2.86 bits per heavy atom. The second-order valence-electron chi connectivity index (χ2n) is 4.94. The van der Waals surface area contributed by atoms with Crippen molar-refractivity contribution in [3.8, 4) is 0 Å². The van der Waals surface area contributed by atoms with Crippen molar-refractivity contribution in [2.24, 2.45) is 0 Å². The van der Waals surface area contributed by atoms with Gasteiger partial charge >= 0.3 is 0 Å². The van der Waals surface area contributed by atoms with E-state index in [1.165, 1.54) is 0 Å². The number of hydrogen-bond donors (Lipinski definition) is 1. The first-order chi connectivity index (χ1) is 10.0. The van der Waals surface area contributed by atoms with Crippen molar-refractivity contribution in [2.45, 2.75) is 27.2 Å². The van der Waals surface area contributed by atoms with E-state index in [1.54, 1.807) is 11.3 Å². The number of anilines is 1. The fourth-order valence-electron chi connectivity index (χ4n) is 2.24. The first-order valence-corrected chi connectivity index (χ1v) is 7.43. The van der Waals surface area contributed by atoms with Gasteiger partial charge in [0.1, 0.15) is 5.76 Å². The molecule has 0 bridgehead atoms. The van der Waals surface area contributed by atoms with Crippen LogP contribution in [0.1, 0.15) is 22.0 Å². The molecule has 1 aromatic carbocycles. The molecule has 2 heterocycles. The van der Waals surface area contributed by atoms with E-state index in [9.17, 15) is 4.79 Å². The minimum Gasteiger partial charge on any atom is -0.361 e. The fraction of sp³-hybridized carbons (Fsp3) is 0.267. The van der Waals surface area contributed by atoms with Crippen LogP contribution in [0.3, 0.4) is 0 Å². The number of hydrogen-bond acceptors (Lipinski definition) is 5. The second-order valence-corrected chi connectivity index (χ2v) is 6.18. The monoisotopic (exact) mass is 301 g/mol. The number of nitrogens with one attached hydrogen (secondary N) is 1. The maximum Gasteiger partial charge on any atom is 0.229 e. The number of carbonyl (C=O) groups is 1. The van der Waals surface area contributed by atoms with Crippen LogP contribution in [0.2, 0.25) is 0 Å². The van der Waals surface area contributed by atoms with E-state index in [0.717, 1.165) is 32.2 Å². The molecule has 108 valence electrons. The minimum absolute atomic E-state index is 0.0873. The van der Waals surface area contributed by atoms with Crippen molar-refractivity contribution >= 4 is 33.1 Å². The van der Waals surface area contributed by atoms with Gasteiger partial charge in [0, 0.05) is 11.3 Å². The Kier molecular flexibility index (Phi) is 3.47. The van der Waals surface area contributed by atoms with Crippen molar-refractivity contribution in [1.29, 1.82) is 0 Å². The highest BCUT2D eigenvalue weighted by atomic mass is 32.1. The summed E-state index contributed by atoms with van der Waals surface area (Å²) in [5.74, 6) is 0.601. The van der Waals surface area contributed by atoms with Crippen molar-refractivity contribution < 1.29 is 9.32 Å². The van der Waals surface area contributed by atoms with Crippen LogP contribution in [0.15, 0.2) is 22.7 Å². The molecule has 0 aliphatic carbocycles. The van der Waals surface area contributed by atoms with Crippen molar-refractivity contribution in [1.82, 2.24) is 10.1 Å². The SMILES string of the molecule is Cc1nc2cc(NC(=O)Cc3c(C)noc3C)ccc2s1. The van der Waals surface area contributed by atoms with Crippen LogP contribution in [-0.2, 0) is 11.2 Å². The van der Waals surface area contributed by atoms with Gasteiger partial charge in [-0.1, -0.05) is 5.16 Å². The zero-order valence-electron chi connectivity index (χ0n) is 12.1. The lowest BCUT2D eigenvalue weighted by atomic mass is 10.1. The predicted molar refractivity (Wildman–Crippen MR) is 82.7 cm³/mol. The van der Waals surface area contributed by atoms with Gasteiger partial charge in [0.05, 0.1) is 27.3 Å². The van der Waals surface area contributed by atoms with E-state index in [1.807, 2.05) is 39.0 Å². The average Bonchev–Trinajstić information content (AvgIpc) is 2.94. The third-order valence-electron chi connectivity index (χ3n) is 3.30. The van der Waals surface area contributed by atoms with E-state index >= 15 is 0 Å². The maximum atomic E-state index is 12.1. The molecule has 5 nitrogen and oxygen atoms in total. The molecule has 0 aliphatic heterocycles. The van der Waals surface area contributed by atoms with Crippen molar-refractivity contribution in [3.05, 3.63) is 40.2 Å². The first-order valence-electron chi connectivity index (χ1n) is 6.62. The topological polar surface area (TPSA) is 68.0 Å². The Bertz CT molecular complexity index is 800. The summed E-state index contributed by atoms with van der Waals surface area (Å²) in [6.45, 7) is 5.62. The molecular formula is C15H15N3O2S. The molecule has 0 atom stereocenters. The lowest BCUT2D eigenvalue weighted by Gasteiger charge is -2.05. The van der Waals surface area contributed by atoms with E-state index < -0.39 is 0 Å². The third kappa shape index (κ3) is 2.80. The summed E-state index contributed by atoms with van der Waals surface area (Å²) < 4.78 is 6.19. The normalized spacial score (nSPS) is 11.0. The number of fused-ring (bicyclic) bond motifs is 1. The molecule has 1 N–H and O–H groups in total. The van der Waals surface area contributed by atoms with Crippen molar-refractivity contribution in [3.63, 3.8) is 0 Å². The van der Waals surface area contributed by atoms with E-state index in [-0.39, 0.29) is 12.3 Å². The molecule has 0 fully saturated rings. The molecule has 0 spiro atoms. The number of benzene rings is 1. The van der Waals surface area contributed by atoms with E-state index in [2.05, 4.69) is 15.5 Å². The number of nitrogens with zero attached hydrogens (tertiary/aromatic N) is 2. The Balaban J connectivity index is 1.76. The van der Waals surface area contributed by atoms with Gasteiger partial charge in [0.15, 0.2) is 0 Å². The Hall–Kier alpha value is -2.21. The fourth-order valence-corrected chi connectivity index (χ4v) is 3.05. The first kappa shape index (κ1) is 13.8. The van der Waals surface area contributed by atoms with Gasteiger partial charge in [-0.3, -0.25) is 4.79 Å². The van der Waals surface area contributed by atoms with Crippen LogP contribution in [0.5, 0.6) is 0 Å². The highest BCUT2D eigenvalue weighted by Crippen LogP contribution is 2.24. The molecule has 6 heteroatoms. The largest absolute Gasteiger partial charge is 0.361 e. The molecule has 0 radical (unpaired) electrons. The smallest absolute Gasteiger partial charge is 0.229 e. The number of carbonyl (C=O) groups excluding carboxylic acids is 1. The number of amides is 1. The Morgan fingerprint density at radius 2 is 2.14 bits per heavy atom. The summed E-state index contributed by atoms with van der Waals surface area (Å²) in [5.41, 5.74) is 3.27. The molecule has 0 unspecified atom stereocenters. The molecule has 21 heavy (non-hydrogen) atoms. The molecule has 0 aliphatic rings. The zero-order chi connectivity index (χ0) is 15.0. The highest BCUT2D eigenvalue weighted by molar-refractivity contribution is 7.18. The van der Waals surface area contributed by atoms with Crippen LogP contribution in [-0.4, -0.2) is 16.0 Å². The summed E-state index contributed by atoms with van der Waals surface area (Å²) >= 11 is 1.64. The summed E-state index contributed by atoms with van der Waals surface area (Å²) in [6.07, 6.45) is 0.259. The zero-order valence-corrected chi connectivity index (χ0v) is 12.9. The van der Waals surface area contributed by atoms with Gasteiger partial charge in [0.25, 0.3) is 0 Å². The molecule has 3 aromatic rings. The number of aromatic nitrogens is 2. The van der Waals surface area contributed by atoms with E-state index in [4.69, 9.17) is 4.52 Å².